The minimum atomic E-state index is 0.148. The number of rotatable bonds is 6. The van der Waals surface area contributed by atoms with Crippen molar-refractivity contribution in [2.24, 2.45) is 11.7 Å². The van der Waals surface area contributed by atoms with Crippen LogP contribution in [0.4, 0.5) is 0 Å². The number of nitrogens with two attached hydrogens (primary N) is 1. The van der Waals surface area contributed by atoms with Crippen LogP contribution in [0.1, 0.15) is 25.5 Å². The molecule has 2 heterocycles. The fraction of sp³-hybridized carbons (Fsp3) is 0.474. The molecule has 0 radical (unpaired) electrons. The van der Waals surface area contributed by atoms with Gasteiger partial charge in [-0.15, -0.1) is 11.8 Å². The number of carbonyl (C=O) groups is 1. The summed E-state index contributed by atoms with van der Waals surface area (Å²) < 4.78 is 5.53. The Morgan fingerprint density at radius 3 is 3.00 bits per heavy atom. The van der Waals surface area contributed by atoms with Gasteiger partial charge in [0.15, 0.2) is 0 Å². The molecule has 2 atom stereocenters. The molecule has 1 fully saturated rings. The van der Waals surface area contributed by atoms with Gasteiger partial charge in [-0.1, -0.05) is 18.2 Å². The van der Waals surface area contributed by atoms with Gasteiger partial charge in [-0.2, -0.15) is 0 Å². The number of thioether (sulfide) groups is 1. The Balaban J connectivity index is 1.47. The third kappa shape index (κ3) is 4.86. The molecule has 1 aromatic heterocycles. The number of hydrogen-bond donors (Lipinski definition) is 1. The minimum absolute atomic E-state index is 0.148. The molecule has 1 amide bonds. The van der Waals surface area contributed by atoms with Gasteiger partial charge in [-0.3, -0.25) is 4.79 Å². The van der Waals surface area contributed by atoms with Gasteiger partial charge in [-0.25, -0.2) is 4.98 Å². The van der Waals surface area contributed by atoms with Gasteiger partial charge < -0.3 is 15.1 Å². The maximum Gasteiger partial charge on any atom is 0.232 e. The van der Waals surface area contributed by atoms with E-state index in [1.54, 1.807) is 18.0 Å². The fourth-order valence-electron chi connectivity index (χ4n) is 3.09. The van der Waals surface area contributed by atoms with Gasteiger partial charge in [0.2, 0.25) is 11.8 Å². The van der Waals surface area contributed by atoms with Crippen molar-refractivity contribution < 1.29 is 9.21 Å². The first kappa shape index (κ1) is 18.0. The van der Waals surface area contributed by atoms with Gasteiger partial charge in [0.25, 0.3) is 0 Å². The van der Waals surface area contributed by atoms with Crippen LogP contribution < -0.4 is 5.73 Å². The molecule has 0 aliphatic carbocycles. The Bertz CT molecular complexity index is 687. The zero-order valence-corrected chi connectivity index (χ0v) is 15.4. The largest absolute Gasteiger partial charge is 0.444 e. The zero-order chi connectivity index (χ0) is 17.6. The van der Waals surface area contributed by atoms with Crippen LogP contribution in [-0.4, -0.2) is 40.7 Å². The average Bonchev–Trinajstić information content (AvgIpc) is 3.11. The summed E-state index contributed by atoms with van der Waals surface area (Å²) in [7, 11) is 0. The summed E-state index contributed by atoms with van der Waals surface area (Å²) in [5.41, 5.74) is 7.82. The number of amides is 1. The van der Waals surface area contributed by atoms with Gasteiger partial charge in [0.05, 0.1) is 11.4 Å². The Hall–Kier alpha value is -1.79. The minimum Gasteiger partial charge on any atom is -0.444 e. The number of carbonyl (C=O) groups excluding carboxylic acids is 1. The lowest BCUT2D eigenvalue weighted by Gasteiger charge is -2.34. The average molecular weight is 359 g/mol. The third-order valence-corrected chi connectivity index (χ3v) is 5.55. The molecule has 2 N–H and O–H groups in total. The van der Waals surface area contributed by atoms with E-state index in [1.165, 1.54) is 0 Å². The Labute approximate surface area is 153 Å². The summed E-state index contributed by atoms with van der Waals surface area (Å²) in [5.74, 6) is 2.39. The molecular weight excluding hydrogens is 334 g/mol. The number of likely N-dealkylation sites (tertiary alicyclic amines) is 1. The summed E-state index contributed by atoms with van der Waals surface area (Å²) in [4.78, 5) is 18.9. The van der Waals surface area contributed by atoms with Crippen molar-refractivity contribution in [3.63, 3.8) is 0 Å². The first-order chi connectivity index (χ1) is 12.1. The van der Waals surface area contributed by atoms with E-state index in [0.717, 1.165) is 37.2 Å². The van der Waals surface area contributed by atoms with Gasteiger partial charge in [-0.05, 0) is 37.8 Å². The SMILES string of the molecule is CC(N)C1CCCN(C(=O)CSCc2coc(-c3ccccc3)n2)C1. The lowest BCUT2D eigenvalue weighted by Crippen LogP contribution is -2.45. The highest BCUT2D eigenvalue weighted by atomic mass is 32.2. The number of piperidine rings is 1. The van der Waals surface area contributed by atoms with E-state index in [1.807, 2.05) is 42.2 Å². The molecule has 1 saturated heterocycles. The highest BCUT2D eigenvalue weighted by Gasteiger charge is 2.25. The number of nitrogens with zero attached hydrogens (tertiary/aromatic N) is 2. The topological polar surface area (TPSA) is 72.4 Å². The summed E-state index contributed by atoms with van der Waals surface area (Å²) in [6, 6.07) is 9.97. The van der Waals surface area contributed by atoms with Gasteiger partial charge in [0.1, 0.15) is 6.26 Å². The molecule has 134 valence electrons. The Morgan fingerprint density at radius 2 is 2.24 bits per heavy atom. The van der Waals surface area contributed by atoms with Gasteiger partial charge in [0, 0.05) is 30.4 Å². The molecule has 2 aromatic rings. The van der Waals surface area contributed by atoms with Crippen molar-refractivity contribution >= 4 is 17.7 Å². The Kier molecular flexibility index (Phi) is 6.15. The molecule has 0 spiro atoms. The van der Waals surface area contributed by atoms with E-state index in [4.69, 9.17) is 10.2 Å². The van der Waals surface area contributed by atoms with Crippen LogP contribution in [0, 0.1) is 5.92 Å². The number of benzene rings is 1. The third-order valence-electron chi connectivity index (χ3n) is 4.60. The number of aromatic nitrogens is 1. The maximum absolute atomic E-state index is 12.4. The van der Waals surface area contributed by atoms with E-state index < -0.39 is 0 Å². The summed E-state index contributed by atoms with van der Waals surface area (Å²) in [6.45, 7) is 3.67. The normalized spacial score (nSPS) is 19.0. The van der Waals surface area contributed by atoms with Crippen LogP contribution in [0.3, 0.4) is 0 Å². The quantitative estimate of drug-likeness (QED) is 0.858. The lowest BCUT2D eigenvalue weighted by molar-refractivity contribution is -0.130. The second-order valence-electron chi connectivity index (χ2n) is 6.60. The lowest BCUT2D eigenvalue weighted by atomic mass is 9.92. The van der Waals surface area contributed by atoms with Crippen molar-refractivity contribution in [2.75, 3.05) is 18.8 Å². The summed E-state index contributed by atoms with van der Waals surface area (Å²) in [5, 5.41) is 0. The van der Waals surface area contributed by atoms with E-state index >= 15 is 0 Å². The summed E-state index contributed by atoms with van der Waals surface area (Å²) in [6.07, 6.45) is 3.84. The second-order valence-corrected chi connectivity index (χ2v) is 7.59. The molecule has 3 rings (SSSR count). The van der Waals surface area contributed by atoms with Crippen molar-refractivity contribution in [1.29, 1.82) is 0 Å². The molecule has 6 heteroatoms. The van der Waals surface area contributed by atoms with E-state index in [2.05, 4.69) is 4.98 Å². The van der Waals surface area contributed by atoms with E-state index in [0.29, 0.717) is 23.3 Å². The van der Waals surface area contributed by atoms with Crippen molar-refractivity contribution in [2.45, 2.75) is 31.6 Å². The highest BCUT2D eigenvalue weighted by Crippen LogP contribution is 2.22. The molecule has 25 heavy (non-hydrogen) atoms. The van der Waals surface area contributed by atoms with E-state index in [9.17, 15) is 4.79 Å². The van der Waals surface area contributed by atoms with Gasteiger partial charge >= 0.3 is 0 Å². The predicted octanol–water partition coefficient (Wildman–Crippen LogP) is 3.16. The first-order valence-corrected chi connectivity index (χ1v) is 9.90. The number of hydrogen-bond acceptors (Lipinski definition) is 5. The first-order valence-electron chi connectivity index (χ1n) is 8.74. The maximum atomic E-state index is 12.4. The molecule has 1 aliphatic heterocycles. The predicted molar refractivity (Wildman–Crippen MR) is 101 cm³/mol. The zero-order valence-electron chi connectivity index (χ0n) is 14.6. The Morgan fingerprint density at radius 1 is 1.44 bits per heavy atom. The summed E-state index contributed by atoms with van der Waals surface area (Å²) >= 11 is 1.58. The number of oxazole rings is 1. The molecule has 0 saturated carbocycles. The molecule has 2 unspecified atom stereocenters. The fourth-order valence-corrected chi connectivity index (χ4v) is 3.89. The highest BCUT2D eigenvalue weighted by molar-refractivity contribution is 7.99. The van der Waals surface area contributed by atoms with Crippen LogP contribution in [0.5, 0.6) is 0 Å². The van der Waals surface area contributed by atoms with Crippen LogP contribution >= 0.6 is 11.8 Å². The molecule has 0 bridgehead atoms. The molecule has 1 aliphatic rings. The van der Waals surface area contributed by atoms with Crippen LogP contribution in [0.2, 0.25) is 0 Å². The second kappa shape index (κ2) is 8.54. The molecule has 1 aromatic carbocycles. The molecular formula is C19H25N3O2S. The van der Waals surface area contributed by atoms with E-state index in [-0.39, 0.29) is 11.9 Å². The smallest absolute Gasteiger partial charge is 0.232 e. The molecule has 5 nitrogen and oxygen atoms in total. The van der Waals surface area contributed by atoms with Crippen molar-refractivity contribution in [3.05, 3.63) is 42.3 Å². The standard InChI is InChI=1S/C19H25N3O2S/c1-14(20)16-8-5-9-22(10-16)18(23)13-25-12-17-11-24-19(21-17)15-6-3-2-4-7-15/h2-4,6-7,11,14,16H,5,8-10,12-13,20H2,1H3. The van der Waals surface area contributed by atoms with Crippen molar-refractivity contribution in [3.8, 4) is 11.5 Å². The van der Waals surface area contributed by atoms with Crippen molar-refractivity contribution in [1.82, 2.24) is 9.88 Å². The van der Waals surface area contributed by atoms with Crippen LogP contribution in [-0.2, 0) is 10.5 Å². The van der Waals surface area contributed by atoms with Crippen LogP contribution in [0.15, 0.2) is 41.0 Å². The van der Waals surface area contributed by atoms with Crippen LogP contribution in [0.25, 0.3) is 11.5 Å². The monoisotopic (exact) mass is 359 g/mol.